The zero-order valence-electron chi connectivity index (χ0n) is 22.0. The van der Waals surface area contributed by atoms with E-state index in [1.54, 1.807) is 38.1 Å². The van der Waals surface area contributed by atoms with Crippen LogP contribution in [0.4, 0.5) is 5.69 Å². The Morgan fingerprint density at radius 2 is 1.66 bits per heavy atom. The van der Waals surface area contributed by atoms with E-state index < -0.39 is 40.1 Å². The number of fused-ring (bicyclic) bond motifs is 1. The van der Waals surface area contributed by atoms with Crippen molar-refractivity contribution in [1.29, 1.82) is 0 Å². The summed E-state index contributed by atoms with van der Waals surface area (Å²) in [5, 5.41) is 1.31. The number of amides is 1. The molecule has 1 aliphatic heterocycles. The van der Waals surface area contributed by atoms with Gasteiger partial charge in [0.25, 0.3) is 0 Å². The SMILES string of the molecule is CCOP(=O)(Cc1ccc(NC(=O)C2Cc3ccc(C4CCCCC4)cc3C(=O)CS2(=O)=O)cc1)OCC. The fourth-order valence-electron chi connectivity index (χ4n) is 5.33. The molecule has 10 heteroatoms. The summed E-state index contributed by atoms with van der Waals surface area (Å²) in [6, 6.07) is 12.3. The Morgan fingerprint density at radius 3 is 2.29 bits per heavy atom. The van der Waals surface area contributed by atoms with Crippen LogP contribution in [0, 0.1) is 0 Å². The number of ketones is 1. The van der Waals surface area contributed by atoms with Crippen LogP contribution in [0.2, 0.25) is 0 Å². The summed E-state index contributed by atoms with van der Waals surface area (Å²) >= 11 is 0. The third kappa shape index (κ3) is 6.81. The molecule has 1 N–H and O–H groups in total. The van der Waals surface area contributed by atoms with Crippen molar-refractivity contribution in [2.24, 2.45) is 0 Å². The van der Waals surface area contributed by atoms with Gasteiger partial charge in [0.05, 0.1) is 19.4 Å². The molecule has 0 saturated heterocycles. The van der Waals surface area contributed by atoms with Gasteiger partial charge in [-0.25, -0.2) is 8.42 Å². The van der Waals surface area contributed by atoms with Gasteiger partial charge >= 0.3 is 7.60 Å². The second-order valence-corrected chi connectivity index (χ2v) is 14.2. The van der Waals surface area contributed by atoms with Gasteiger partial charge in [-0.2, -0.15) is 0 Å². The second kappa shape index (κ2) is 12.2. The molecule has 1 heterocycles. The lowest BCUT2D eigenvalue weighted by Gasteiger charge is -2.23. The van der Waals surface area contributed by atoms with Crippen molar-refractivity contribution >= 4 is 34.8 Å². The Morgan fingerprint density at radius 1 is 1.00 bits per heavy atom. The maximum Gasteiger partial charge on any atom is 0.335 e. The largest absolute Gasteiger partial charge is 0.335 e. The molecule has 4 rings (SSSR count). The van der Waals surface area contributed by atoms with Crippen LogP contribution in [-0.4, -0.2) is 44.3 Å². The maximum absolute atomic E-state index is 13.2. The van der Waals surface area contributed by atoms with Crippen molar-refractivity contribution in [1.82, 2.24) is 0 Å². The molecule has 1 atom stereocenters. The minimum absolute atomic E-state index is 0.0514. The van der Waals surface area contributed by atoms with Gasteiger partial charge in [0, 0.05) is 11.3 Å². The number of benzene rings is 2. The molecule has 206 valence electrons. The molecule has 0 spiro atoms. The number of nitrogens with one attached hydrogen (secondary N) is 1. The number of sulfone groups is 1. The van der Waals surface area contributed by atoms with Crippen LogP contribution in [0.1, 0.15) is 78.9 Å². The van der Waals surface area contributed by atoms with Crippen LogP contribution in [0.3, 0.4) is 0 Å². The molecule has 2 aliphatic rings. The van der Waals surface area contributed by atoms with Crippen molar-refractivity contribution in [3.8, 4) is 0 Å². The number of Topliss-reactive ketones (excluding diaryl/α,β-unsaturated/α-hetero) is 1. The quantitative estimate of drug-likeness (QED) is 0.393. The van der Waals surface area contributed by atoms with E-state index in [1.165, 1.54) is 6.42 Å². The van der Waals surface area contributed by atoms with Crippen LogP contribution in [0.15, 0.2) is 42.5 Å². The highest BCUT2D eigenvalue weighted by molar-refractivity contribution is 7.93. The number of hydrogen-bond acceptors (Lipinski definition) is 7. The van der Waals surface area contributed by atoms with E-state index in [9.17, 15) is 22.6 Å². The maximum atomic E-state index is 13.2. The first-order chi connectivity index (χ1) is 18.1. The fourth-order valence-corrected chi connectivity index (χ4v) is 8.57. The molecule has 38 heavy (non-hydrogen) atoms. The molecule has 2 aromatic carbocycles. The highest BCUT2D eigenvalue weighted by Crippen LogP contribution is 2.51. The van der Waals surface area contributed by atoms with E-state index in [0.29, 0.717) is 28.3 Å². The predicted molar refractivity (Wildman–Crippen MR) is 148 cm³/mol. The molecule has 1 amide bonds. The Kier molecular flexibility index (Phi) is 9.24. The van der Waals surface area contributed by atoms with Crippen molar-refractivity contribution in [3.05, 3.63) is 64.7 Å². The molecule has 1 unspecified atom stereocenters. The van der Waals surface area contributed by atoms with Gasteiger partial charge in [-0.05, 0) is 73.9 Å². The molecule has 0 aromatic heterocycles. The van der Waals surface area contributed by atoms with Gasteiger partial charge in [-0.3, -0.25) is 14.2 Å². The Hall–Kier alpha value is -2.32. The van der Waals surface area contributed by atoms with Crippen LogP contribution in [0.5, 0.6) is 0 Å². The third-order valence-electron chi connectivity index (χ3n) is 7.22. The first-order valence-electron chi connectivity index (χ1n) is 13.3. The molecule has 0 radical (unpaired) electrons. The van der Waals surface area contributed by atoms with E-state index in [-0.39, 0.29) is 25.8 Å². The summed E-state index contributed by atoms with van der Waals surface area (Å²) in [4.78, 5) is 26.1. The monoisotopic (exact) mass is 561 g/mol. The van der Waals surface area contributed by atoms with Crippen molar-refractivity contribution in [3.63, 3.8) is 0 Å². The van der Waals surface area contributed by atoms with E-state index in [0.717, 1.165) is 31.2 Å². The number of anilines is 1. The molecule has 0 bridgehead atoms. The summed E-state index contributed by atoms with van der Waals surface area (Å²) < 4.78 is 49.6. The van der Waals surface area contributed by atoms with E-state index in [1.807, 2.05) is 18.2 Å². The van der Waals surface area contributed by atoms with Crippen molar-refractivity contribution in [2.45, 2.75) is 69.7 Å². The van der Waals surface area contributed by atoms with E-state index in [4.69, 9.17) is 9.05 Å². The zero-order valence-corrected chi connectivity index (χ0v) is 23.7. The van der Waals surface area contributed by atoms with E-state index in [2.05, 4.69) is 5.32 Å². The minimum atomic E-state index is -4.01. The zero-order chi connectivity index (χ0) is 27.3. The topological polar surface area (TPSA) is 116 Å². The smallest absolute Gasteiger partial charge is 0.325 e. The fraction of sp³-hybridized carbons (Fsp3) is 0.500. The van der Waals surface area contributed by atoms with Crippen LogP contribution < -0.4 is 5.32 Å². The summed E-state index contributed by atoms with van der Waals surface area (Å²) in [6.45, 7) is 4.00. The summed E-state index contributed by atoms with van der Waals surface area (Å²) in [6.07, 6.45) is 5.72. The number of rotatable bonds is 9. The molecular weight excluding hydrogens is 525 g/mol. The van der Waals surface area contributed by atoms with Gasteiger partial charge in [0.1, 0.15) is 11.0 Å². The number of carbonyl (C=O) groups is 2. The molecule has 1 aliphatic carbocycles. The summed E-state index contributed by atoms with van der Waals surface area (Å²) in [7, 11) is -7.29. The van der Waals surface area contributed by atoms with Gasteiger partial charge in [-0.15, -0.1) is 0 Å². The normalized spacial score (nSPS) is 19.9. The lowest BCUT2D eigenvalue weighted by molar-refractivity contribution is -0.115. The summed E-state index contributed by atoms with van der Waals surface area (Å²) in [5.41, 5.74) is 3.19. The molecule has 8 nitrogen and oxygen atoms in total. The number of carbonyl (C=O) groups excluding carboxylic acids is 2. The first-order valence-corrected chi connectivity index (χ1v) is 16.7. The highest BCUT2D eigenvalue weighted by atomic mass is 32.2. The molecule has 1 saturated carbocycles. The molecule has 1 fully saturated rings. The lowest BCUT2D eigenvalue weighted by atomic mass is 9.82. The second-order valence-electron chi connectivity index (χ2n) is 9.97. The standard InChI is InChI=1S/C28H36NO7PS/c1-3-35-37(32,36-4-2)18-20-10-14-24(15-11-20)29-28(31)27-17-23-13-12-22(21-8-6-5-7-9-21)16-25(23)26(30)19-38(27,33)34/h10-16,21,27H,3-9,17-19H2,1-2H3,(H,29,31). The highest BCUT2D eigenvalue weighted by Gasteiger charge is 2.39. The first kappa shape index (κ1) is 28.7. The van der Waals surface area contributed by atoms with Gasteiger partial charge in [-0.1, -0.05) is 43.5 Å². The molecule has 2 aromatic rings. The predicted octanol–water partition coefficient (Wildman–Crippen LogP) is 5.66. The van der Waals surface area contributed by atoms with Gasteiger partial charge in [0.2, 0.25) is 5.91 Å². The lowest BCUT2D eigenvalue weighted by Crippen LogP contribution is -2.38. The molecular formula is C28H36NO7PS. The minimum Gasteiger partial charge on any atom is -0.325 e. The third-order valence-corrected chi connectivity index (χ3v) is 11.2. The van der Waals surface area contributed by atoms with Crippen LogP contribution >= 0.6 is 7.60 Å². The van der Waals surface area contributed by atoms with Crippen LogP contribution in [0.25, 0.3) is 0 Å². The van der Waals surface area contributed by atoms with Gasteiger partial charge < -0.3 is 14.4 Å². The Bertz CT molecular complexity index is 1310. The van der Waals surface area contributed by atoms with Crippen molar-refractivity contribution in [2.75, 3.05) is 24.3 Å². The van der Waals surface area contributed by atoms with Crippen molar-refractivity contribution < 1.29 is 31.6 Å². The Balaban J connectivity index is 1.49. The average molecular weight is 562 g/mol. The Labute approximate surface area is 225 Å². The van der Waals surface area contributed by atoms with Crippen LogP contribution in [-0.2, 0) is 40.8 Å². The number of hydrogen-bond donors (Lipinski definition) is 1. The van der Waals surface area contributed by atoms with E-state index >= 15 is 0 Å². The average Bonchev–Trinajstić information content (AvgIpc) is 2.98. The van der Waals surface area contributed by atoms with Gasteiger partial charge in [0.15, 0.2) is 15.6 Å². The summed E-state index contributed by atoms with van der Waals surface area (Å²) in [5.74, 6) is -1.43.